The van der Waals surface area contributed by atoms with Crippen LogP contribution in [0.5, 0.6) is 11.5 Å². The first-order valence-corrected chi connectivity index (χ1v) is 8.47. The Morgan fingerprint density at radius 3 is 2.08 bits per heavy atom. The zero-order chi connectivity index (χ0) is 18.2. The van der Waals surface area contributed by atoms with E-state index in [0.717, 1.165) is 11.3 Å². The molecule has 0 unspecified atom stereocenters. The van der Waals surface area contributed by atoms with E-state index in [1.807, 2.05) is 42.5 Å². The Balaban J connectivity index is 1.45. The van der Waals surface area contributed by atoms with Gasteiger partial charge in [0, 0.05) is 6.42 Å². The van der Waals surface area contributed by atoms with E-state index in [-0.39, 0.29) is 5.56 Å². The molecule has 1 N–H and O–H groups in total. The van der Waals surface area contributed by atoms with E-state index >= 15 is 0 Å². The summed E-state index contributed by atoms with van der Waals surface area (Å²) in [4.78, 5) is 11.1. The maximum absolute atomic E-state index is 11.1. The van der Waals surface area contributed by atoms with Crippen LogP contribution in [0.3, 0.4) is 0 Å². The molecule has 0 aromatic heterocycles. The Hall–Kier alpha value is -3.27. The molecular weight excluding hydrogens is 328 g/mol. The lowest BCUT2D eigenvalue weighted by atomic mass is 10.1. The second-order valence-electron chi connectivity index (χ2n) is 5.74. The van der Waals surface area contributed by atoms with Crippen LogP contribution in [-0.2, 0) is 0 Å². The minimum Gasteiger partial charge on any atom is -0.493 e. The molecule has 0 amide bonds. The smallest absolute Gasteiger partial charge is 0.339 e. The van der Waals surface area contributed by atoms with Gasteiger partial charge in [0.05, 0.1) is 13.2 Å². The maximum atomic E-state index is 11.1. The van der Waals surface area contributed by atoms with Crippen LogP contribution in [0.2, 0.25) is 0 Å². The normalized spacial score (nSPS) is 10.3. The molecule has 0 saturated carbocycles. The average molecular weight is 348 g/mol. The van der Waals surface area contributed by atoms with E-state index in [1.54, 1.807) is 18.2 Å². The van der Waals surface area contributed by atoms with Crippen LogP contribution >= 0.6 is 0 Å². The highest BCUT2D eigenvalue weighted by Crippen LogP contribution is 2.22. The van der Waals surface area contributed by atoms with Crippen molar-refractivity contribution < 1.29 is 19.4 Å². The van der Waals surface area contributed by atoms with Crippen LogP contribution in [0.4, 0.5) is 0 Å². The first kappa shape index (κ1) is 17.5. The molecule has 4 nitrogen and oxygen atoms in total. The molecule has 0 spiro atoms. The van der Waals surface area contributed by atoms with E-state index in [0.29, 0.717) is 25.4 Å². The summed E-state index contributed by atoms with van der Waals surface area (Å²) in [6, 6.07) is 24.8. The van der Waals surface area contributed by atoms with Gasteiger partial charge in [-0.1, -0.05) is 54.6 Å². The third kappa shape index (κ3) is 4.63. The van der Waals surface area contributed by atoms with Gasteiger partial charge in [0.15, 0.2) is 0 Å². The van der Waals surface area contributed by atoms with E-state index < -0.39 is 5.97 Å². The van der Waals surface area contributed by atoms with Gasteiger partial charge in [-0.15, -0.1) is 0 Å². The Kier molecular flexibility index (Phi) is 5.88. The Bertz CT molecular complexity index is 842. The van der Waals surface area contributed by atoms with Crippen molar-refractivity contribution in [1.82, 2.24) is 0 Å². The zero-order valence-electron chi connectivity index (χ0n) is 14.3. The zero-order valence-corrected chi connectivity index (χ0v) is 14.3. The van der Waals surface area contributed by atoms with Crippen molar-refractivity contribution in [2.24, 2.45) is 0 Å². The number of benzene rings is 3. The summed E-state index contributed by atoms with van der Waals surface area (Å²) >= 11 is 0. The Morgan fingerprint density at radius 2 is 1.35 bits per heavy atom. The topological polar surface area (TPSA) is 55.8 Å². The molecule has 26 heavy (non-hydrogen) atoms. The van der Waals surface area contributed by atoms with Crippen LogP contribution < -0.4 is 9.47 Å². The standard InChI is InChI=1S/C22H20O4/c23-22(24)20-9-4-5-10-21(20)26-16-6-15-25-19-13-11-18(12-14-19)17-7-2-1-3-8-17/h1-5,7-14H,6,15-16H2,(H,23,24). The molecule has 3 aromatic rings. The highest BCUT2D eigenvalue weighted by Gasteiger charge is 2.09. The lowest BCUT2D eigenvalue weighted by Crippen LogP contribution is -2.07. The predicted octanol–water partition coefficient (Wildman–Crippen LogP) is 4.90. The van der Waals surface area contributed by atoms with Crippen molar-refractivity contribution in [1.29, 1.82) is 0 Å². The van der Waals surface area contributed by atoms with Crippen LogP contribution in [0.15, 0.2) is 78.9 Å². The lowest BCUT2D eigenvalue weighted by Gasteiger charge is -2.10. The molecule has 0 saturated heterocycles. The number of rotatable bonds is 8. The van der Waals surface area contributed by atoms with Gasteiger partial charge in [-0.2, -0.15) is 0 Å². The van der Waals surface area contributed by atoms with Gasteiger partial charge in [0.25, 0.3) is 0 Å². The van der Waals surface area contributed by atoms with Gasteiger partial charge in [-0.25, -0.2) is 4.79 Å². The van der Waals surface area contributed by atoms with Crippen molar-refractivity contribution >= 4 is 5.97 Å². The molecule has 0 atom stereocenters. The second-order valence-corrected chi connectivity index (χ2v) is 5.74. The van der Waals surface area contributed by atoms with E-state index in [1.165, 1.54) is 11.6 Å². The maximum Gasteiger partial charge on any atom is 0.339 e. The van der Waals surface area contributed by atoms with Crippen LogP contribution in [0, 0.1) is 0 Å². The molecule has 0 bridgehead atoms. The average Bonchev–Trinajstić information content (AvgIpc) is 2.69. The van der Waals surface area contributed by atoms with Crippen molar-refractivity contribution in [3.63, 3.8) is 0 Å². The quantitative estimate of drug-likeness (QED) is 0.588. The molecule has 0 aliphatic rings. The Morgan fingerprint density at radius 1 is 0.731 bits per heavy atom. The number of carbonyl (C=O) groups is 1. The monoisotopic (exact) mass is 348 g/mol. The van der Waals surface area contributed by atoms with Gasteiger partial charge in [0.2, 0.25) is 0 Å². The van der Waals surface area contributed by atoms with Gasteiger partial charge >= 0.3 is 5.97 Å². The number of hydrogen-bond acceptors (Lipinski definition) is 3. The first-order chi connectivity index (χ1) is 12.7. The first-order valence-electron chi connectivity index (χ1n) is 8.47. The molecule has 0 heterocycles. The van der Waals surface area contributed by atoms with Crippen molar-refractivity contribution in [3.05, 3.63) is 84.4 Å². The molecule has 0 radical (unpaired) electrons. The molecule has 0 aliphatic carbocycles. The largest absolute Gasteiger partial charge is 0.493 e. The number of carboxylic acids is 1. The molecule has 0 aliphatic heterocycles. The summed E-state index contributed by atoms with van der Waals surface area (Å²) in [7, 11) is 0. The molecule has 4 heteroatoms. The number of hydrogen-bond donors (Lipinski definition) is 1. The predicted molar refractivity (Wildman–Crippen MR) is 101 cm³/mol. The van der Waals surface area contributed by atoms with Gasteiger partial charge in [-0.05, 0) is 35.4 Å². The van der Waals surface area contributed by atoms with E-state index in [2.05, 4.69) is 12.1 Å². The summed E-state index contributed by atoms with van der Waals surface area (Å²) in [6.07, 6.45) is 0.661. The van der Waals surface area contributed by atoms with Gasteiger partial charge in [0.1, 0.15) is 17.1 Å². The summed E-state index contributed by atoms with van der Waals surface area (Å²) in [5, 5.41) is 9.12. The number of ether oxygens (including phenoxy) is 2. The molecular formula is C22H20O4. The molecule has 3 aromatic carbocycles. The summed E-state index contributed by atoms with van der Waals surface area (Å²) in [5.74, 6) is 0.193. The minimum atomic E-state index is -0.990. The van der Waals surface area contributed by atoms with Crippen LogP contribution in [0.25, 0.3) is 11.1 Å². The molecule has 3 rings (SSSR count). The van der Waals surface area contributed by atoms with Crippen molar-refractivity contribution in [2.75, 3.05) is 13.2 Å². The van der Waals surface area contributed by atoms with Crippen molar-refractivity contribution in [2.45, 2.75) is 6.42 Å². The minimum absolute atomic E-state index is 0.171. The van der Waals surface area contributed by atoms with Crippen LogP contribution in [-0.4, -0.2) is 24.3 Å². The van der Waals surface area contributed by atoms with Gasteiger partial charge in [-0.3, -0.25) is 0 Å². The highest BCUT2D eigenvalue weighted by molar-refractivity contribution is 5.90. The highest BCUT2D eigenvalue weighted by atomic mass is 16.5. The summed E-state index contributed by atoms with van der Waals surface area (Å²) < 4.78 is 11.3. The second kappa shape index (κ2) is 8.72. The molecule has 132 valence electrons. The molecule has 0 fully saturated rings. The summed E-state index contributed by atoms with van der Waals surface area (Å²) in [5.41, 5.74) is 2.49. The SMILES string of the molecule is O=C(O)c1ccccc1OCCCOc1ccc(-c2ccccc2)cc1. The number of aromatic carboxylic acids is 1. The van der Waals surface area contributed by atoms with E-state index in [4.69, 9.17) is 14.6 Å². The third-order valence-corrected chi connectivity index (χ3v) is 3.89. The third-order valence-electron chi connectivity index (χ3n) is 3.89. The fourth-order valence-corrected chi connectivity index (χ4v) is 2.57. The lowest BCUT2D eigenvalue weighted by molar-refractivity contribution is 0.0692. The van der Waals surface area contributed by atoms with Crippen molar-refractivity contribution in [3.8, 4) is 22.6 Å². The summed E-state index contributed by atoms with van der Waals surface area (Å²) in [6.45, 7) is 0.895. The van der Waals surface area contributed by atoms with E-state index in [9.17, 15) is 4.79 Å². The number of para-hydroxylation sites is 1. The number of carboxylic acid groups (broad SMARTS) is 1. The fourth-order valence-electron chi connectivity index (χ4n) is 2.57. The van der Waals surface area contributed by atoms with Crippen LogP contribution in [0.1, 0.15) is 16.8 Å². The van der Waals surface area contributed by atoms with Gasteiger partial charge < -0.3 is 14.6 Å². The fraction of sp³-hybridized carbons (Fsp3) is 0.136. The Labute approximate surface area is 152 Å².